The van der Waals surface area contributed by atoms with E-state index in [0.29, 0.717) is 10.5 Å². The lowest BCUT2D eigenvalue weighted by molar-refractivity contribution is 0.626. The molecule has 0 aliphatic carbocycles. The van der Waals surface area contributed by atoms with Crippen molar-refractivity contribution in [3.8, 4) is 0 Å². The Kier molecular flexibility index (Phi) is 2.58. The zero-order valence-corrected chi connectivity index (χ0v) is 11.3. The standard InChI is InChI=1S/C13H11FN4OS/c14-7-3-4-9-8(6-7)12(19)18-13(16-9)20-11(17-18)10-2-1-5-15-10/h3-4,6,10,15H,1-2,5H2. The molecule has 3 heterocycles. The van der Waals surface area contributed by atoms with Crippen LogP contribution in [-0.4, -0.2) is 21.1 Å². The van der Waals surface area contributed by atoms with Gasteiger partial charge in [0.25, 0.3) is 5.56 Å². The second-order valence-corrected chi connectivity index (χ2v) is 5.85. The molecule has 4 rings (SSSR count). The summed E-state index contributed by atoms with van der Waals surface area (Å²) in [4.78, 5) is 17.3. The van der Waals surface area contributed by atoms with Crippen LogP contribution in [-0.2, 0) is 0 Å². The monoisotopic (exact) mass is 290 g/mol. The van der Waals surface area contributed by atoms with Gasteiger partial charge in [-0.3, -0.25) is 4.79 Å². The lowest BCUT2D eigenvalue weighted by atomic mass is 10.2. The highest BCUT2D eigenvalue weighted by atomic mass is 32.1. The Morgan fingerprint density at radius 1 is 1.45 bits per heavy atom. The molecule has 1 atom stereocenters. The van der Waals surface area contributed by atoms with Gasteiger partial charge in [0.2, 0.25) is 4.96 Å². The molecule has 2 aromatic heterocycles. The predicted octanol–water partition coefficient (Wildman–Crippen LogP) is 1.87. The summed E-state index contributed by atoms with van der Waals surface area (Å²) in [6, 6.07) is 4.25. The van der Waals surface area contributed by atoms with Crippen molar-refractivity contribution >= 4 is 27.2 Å². The molecule has 7 heteroatoms. The molecule has 3 aromatic rings. The molecule has 0 spiro atoms. The number of halogens is 1. The van der Waals surface area contributed by atoms with Gasteiger partial charge in [-0.1, -0.05) is 11.3 Å². The number of fused-ring (bicyclic) bond motifs is 2. The van der Waals surface area contributed by atoms with E-state index >= 15 is 0 Å². The van der Waals surface area contributed by atoms with E-state index < -0.39 is 5.82 Å². The molecular formula is C13H11FN4OS. The van der Waals surface area contributed by atoms with Gasteiger partial charge in [0, 0.05) is 0 Å². The summed E-state index contributed by atoms with van der Waals surface area (Å²) in [5.74, 6) is -0.440. The number of nitrogens with one attached hydrogen (secondary N) is 1. The van der Waals surface area contributed by atoms with Gasteiger partial charge in [-0.2, -0.15) is 9.61 Å². The second kappa shape index (κ2) is 4.32. The fourth-order valence-corrected chi connectivity index (χ4v) is 3.54. The van der Waals surface area contributed by atoms with Crippen molar-refractivity contribution < 1.29 is 4.39 Å². The number of benzene rings is 1. The lowest BCUT2D eigenvalue weighted by Gasteiger charge is -2.02. The summed E-state index contributed by atoms with van der Waals surface area (Å²) in [6.45, 7) is 0.968. The molecule has 0 saturated carbocycles. The minimum absolute atomic E-state index is 0.195. The third kappa shape index (κ3) is 1.74. The maximum atomic E-state index is 13.3. The van der Waals surface area contributed by atoms with Gasteiger partial charge in [0.1, 0.15) is 10.8 Å². The van der Waals surface area contributed by atoms with Crippen LogP contribution in [0, 0.1) is 5.82 Å². The van der Waals surface area contributed by atoms with Crippen LogP contribution in [0.4, 0.5) is 4.39 Å². The van der Waals surface area contributed by atoms with Crippen LogP contribution in [0.1, 0.15) is 23.9 Å². The molecule has 0 amide bonds. The Labute approximate surface area is 117 Å². The topological polar surface area (TPSA) is 59.3 Å². The van der Waals surface area contributed by atoms with Gasteiger partial charge in [-0.15, -0.1) is 0 Å². The van der Waals surface area contributed by atoms with Crippen LogP contribution in [0.2, 0.25) is 0 Å². The Balaban J connectivity index is 1.99. The van der Waals surface area contributed by atoms with Crippen LogP contribution in [0.15, 0.2) is 23.0 Å². The number of aromatic nitrogens is 3. The Morgan fingerprint density at radius 3 is 3.15 bits per heavy atom. The molecule has 0 bridgehead atoms. The van der Waals surface area contributed by atoms with Crippen LogP contribution in [0.3, 0.4) is 0 Å². The van der Waals surface area contributed by atoms with E-state index in [1.807, 2.05) is 0 Å². The van der Waals surface area contributed by atoms with Crippen LogP contribution >= 0.6 is 11.3 Å². The van der Waals surface area contributed by atoms with Crippen LogP contribution in [0.25, 0.3) is 15.9 Å². The van der Waals surface area contributed by atoms with Crippen molar-refractivity contribution in [2.24, 2.45) is 0 Å². The summed E-state index contributed by atoms with van der Waals surface area (Å²) >= 11 is 1.41. The summed E-state index contributed by atoms with van der Waals surface area (Å²) in [5.41, 5.74) is 0.191. The van der Waals surface area contributed by atoms with Crippen molar-refractivity contribution in [3.63, 3.8) is 0 Å². The van der Waals surface area contributed by atoms with E-state index in [0.717, 1.165) is 24.4 Å². The Morgan fingerprint density at radius 2 is 2.35 bits per heavy atom. The average molecular weight is 290 g/mol. The van der Waals surface area contributed by atoms with E-state index in [1.165, 1.54) is 34.1 Å². The molecule has 1 fully saturated rings. The maximum absolute atomic E-state index is 13.3. The average Bonchev–Trinajstić information content (AvgIpc) is 3.08. The highest BCUT2D eigenvalue weighted by Crippen LogP contribution is 2.26. The van der Waals surface area contributed by atoms with Crippen molar-refractivity contribution in [1.82, 2.24) is 19.9 Å². The zero-order valence-electron chi connectivity index (χ0n) is 10.5. The Hall–Kier alpha value is -1.86. The van der Waals surface area contributed by atoms with Gasteiger partial charge in [-0.05, 0) is 37.6 Å². The molecule has 1 saturated heterocycles. The highest BCUT2D eigenvalue weighted by molar-refractivity contribution is 7.16. The van der Waals surface area contributed by atoms with E-state index in [1.54, 1.807) is 0 Å². The molecule has 1 N–H and O–H groups in total. The molecule has 1 aliphatic heterocycles. The zero-order chi connectivity index (χ0) is 13.7. The lowest BCUT2D eigenvalue weighted by Crippen LogP contribution is -2.17. The molecule has 1 aromatic carbocycles. The number of hydrogen-bond donors (Lipinski definition) is 1. The normalized spacial score (nSPS) is 19.1. The van der Waals surface area contributed by atoms with E-state index in [2.05, 4.69) is 15.4 Å². The SMILES string of the molecule is O=c1c2cc(F)ccc2nc2sc(C3CCCN3)nn12. The maximum Gasteiger partial charge on any atom is 0.283 e. The largest absolute Gasteiger partial charge is 0.308 e. The van der Waals surface area contributed by atoms with E-state index in [-0.39, 0.29) is 17.0 Å². The molecule has 20 heavy (non-hydrogen) atoms. The van der Waals surface area contributed by atoms with Gasteiger partial charge >= 0.3 is 0 Å². The minimum Gasteiger partial charge on any atom is -0.308 e. The van der Waals surface area contributed by atoms with E-state index in [4.69, 9.17) is 0 Å². The van der Waals surface area contributed by atoms with Gasteiger partial charge in [-0.25, -0.2) is 9.37 Å². The highest BCUT2D eigenvalue weighted by Gasteiger charge is 2.21. The van der Waals surface area contributed by atoms with Crippen molar-refractivity contribution in [2.75, 3.05) is 6.54 Å². The predicted molar refractivity (Wildman–Crippen MR) is 74.6 cm³/mol. The first kappa shape index (κ1) is 11.9. The molecule has 102 valence electrons. The third-order valence-corrected chi connectivity index (χ3v) is 4.55. The summed E-state index contributed by atoms with van der Waals surface area (Å²) < 4.78 is 14.5. The molecule has 1 aliphatic rings. The van der Waals surface area contributed by atoms with Gasteiger partial charge in [0.05, 0.1) is 16.9 Å². The molecule has 5 nitrogen and oxygen atoms in total. The van der Waals surface area contributed by atoms with Crippen LogP contribution in [0.5, 0.6) is 0 Å². The van der Waals surface area contributed by atoms with E-state index in [9.17, 15) is 9.18 Å². The number of rotatable bonds is 1. The molecular weight excluding hydrogens is 279 g/mol. The van der Waals surface area contributed by atoms with Crippen molar-refractivity contribution in [1.29, 1.82) is 0 Å². The van der Waals surface area contributed by atoms with Crippen molar-refractivity contribution in [2.45, 2.75) is 18.9 Å². The first-order chi connectivity index (χ1) is 9.72. The van der Waals surface area contributed by atoms with Gasteiger partial charge < -0.3 is 5.32 Å². The Bertz CT molecular complexity index is 866. The first-order valence-corrected chi connectivity index (χ1v) is 7.26. The first-order valence-electron chi connectivity index (χ1n) is 6.45. The number of hydrogen-bond acceptors (Lipinski definition) is 5. The second-order valence-electron chi connectivity index (χ2n) is 4.86. The molecule has 1 unspecified atom stereocenters. The quantitative estimate of drug-likeness (QED) is 0.743. The minimum atomic E-state index is -0.440. The summed E-state index contributed by atoms with van der Waals surface area (Å²) in [6.07, 6.45) is 2.12. The molecule has 0 radical (unpaired) electrons. The van der Waals surface area contributed by atoms with Gasteiger partial charge in [0.15, 0.2) is 0 Å². The third-order valence-electron chi connectivity index (χ3n) is 3.53. The fourth-order valence-electron chi connectivity index (χ4n) is 2.53. The smallest absolute Gasteiger partial charge is 0.283 e. The summed E-state index contributed by atoms with van der Waals surface area (Å²) in [5, 5.41) is 8.82. The fraction of sp³-hybridized carbons (Fsp3) is 0.308. The van der Waals surface area contributed by atoms with Crippen LogP contribution < -0.4 is 10.9 Å². The van der Waals surface area contributed by atoms with Crippen molar-refractivity contribution in [3.05, 3.63) is 39.4 Å². The summed E-state index contributed by atoms with van der Waals surface area (Å²) in [7, 11) is 0. The number of nitrogens with zero attached hydrogens (tertiary/aromatic N) is 3.